The molecule has 1 aliphatic heterocycles. The Morgan fingerprint density at radius 2 is 1.78 bits per heavy atom. The second-order valence-electron chi connectivity index (χ2n) is 8.75. The van der Waals surface area contributed by atoms with Crippen LogP contribution in [0.15, 0.2) is 67.0 Å². The molecule has 1 N–H and O–H groups in total. The number of benzene rings is 2. The molecule has 6 nitrogen and oxygen atoms in total. The molecule has 1 amide bonds. The third kappa shape index (κ3) is 4.89. The first-order chi connectivity index (χ1) is 17.3. The topological polar surface area (TPSA) is 62.5 Å². The Morgan fingerprint density at radius 3 is 2.50 bits per heavy atom. The van der Waals surface area contributed by atoms with E-state index in [1.165, 1.54) is 30.3 Å². The number of carbonyl (C=O) groups excluding carboxylic acids is 1. The Hall–Kier alpha value is -3.95. The molecule has 0 saturated carbocycles. The van der Waals surface area contributed by atoms with Gasteiger partial charge in [-0.3, -0.25) is 4.79 Å². The standard InChI is InChI=1S/C26H23F4N5O/c27-20-7-5-17(6-8-20)22-15-23-24(31-11-14-35(23)33-22)34-12-9-18(10-13-34)25(36)32-16-19-3-1-2-4-21(19)26(28,29)30/h1-8,11,14-15,18H,9-10,12-13,16H2,(H,32,36). The second-order valence-corrected chi connectivity index (χ2v) is 8.75. The van der Waals surface area contributed by atoms with Gasteiger partial charge in [0.1, 0.15) is 11.3 Å². The summed E-state index contributed by atoms with van der Waals surface area (Å²) in [4.78, 5) is 19.3. The summed E-state index contributed by atoms with van der Waals surface area (Å²) in [5, 5.41) is 7.25. The molecule has 1 fully saturated rings. The molecular weight excluding hydrogens is 474 g/mol. The zero-order valence-corrected chi connectivity index (χ0v) is 19.2. The fourth-order valence-electron chi connectivity index (χ4n) is 4.54. The number of hydrogen-bond acceptors (Lipinski definition) is 4. The highest BCUT2D eigenvalue weighted by Crippen LogP contribution is 2.32. The predicted molar refractivity (Wildman–Crippen MR) is 127 cm³/mol. The van der Waals surface area contributed by atoms with Gasteiger partial charge in [-0.1, -0.05) is 18.2 Å². The molecular formula is C26H23F4N5O. The van der Waals surface area contributed by atoms with E-state index in [2.05, 4.69) is 20.3 Å². The maximum atomic E-state index is 13.3. The molecule has 2 aromatic carbocycles. The second kappa shape index (κ2) is 9.60. The van der Waals surface area contributed by atoms with Crippen molar-refractivity contribution in [2.24, 2.45) is 5.92 Å². The summed E-state index contributed by atoms with van der Waals surface area (Å²) in [6.45, 7) is 0.972. The van der Waals surface area contributed by atoms with Crippen molar-refractivity contribution in [3.05, 3.63) is 83.9 Å². The van der Waals surface area contributed by atoms with Gasteiger partial charge in [0, 0.05) is 43.5 Å². The summed E-state index contributed by atoms with van der Waals surface area (Å²) >= 11 is 0. The molecule has 3 heterocycles. The van der Waals surface area contributed by atoms with E-state index in [0.717, 1.165) is 23.0 Å². The summed E-state index contributed by atoms with van der Waals surface area (Å²) in [7, 11) is 0. The van der Waals surface area contributed by atoms with Crippen LogP contribution in [-0.4, -0.2) is 33.6 Å². The number of nitrogens with zero attached hydrogens (tertiary/aromatic N) is 4. The number of hydrogen-bond donors (Lipinski definition) is 1. The maximum Gasteiger partial charge on any atom is 0.416 e. The summed E-state index contributed by atoms with van der Waals surface area (Å²) < 4.78 is 54.6. The third-order valence-electron chi connectivity index (χ3n) is 6.45. The Kier molecular flexibility index (Phi) is 6.34. The van der Waals surface area contributed by atoms with Crippen LogP contribution in [0.4, 0.5) is 23.4 Å². The summed E-state index contributed by atoms with van der Waals surface area (Å²) in [6.07, 6.45) is 0.0271. The number of alkyl halides is 3. The smallest absolute Gasteiger partial charge is 0.355 e. The van der Waals surface area contributed by atoms with Gasteiger partial charge in [0.15, 0.2) is 5.82 Å². The average Bonchev–Trinajstić information content (AvgIpc) is 3.32. The molecule has 186 valence electrons. The lowest BCUT2D eigenvalue weighted by Crippen LogP contribution is -2.41. The van der Waals surface area contributed by atoms with Gasteiger partial charge in [0.2, 0.25) is 5.91 Å². The van der Waals surface area contributed by atoms with Crippen molar-refractivity contribution in [3.8, 4) is 11.3 Å². The Balaban J connectivity index is 1.24. The van der Waals surface area contributed by atoms with Crippen LogP contribution >= 0.6 is 0 Å². The van der Waals surface area contributed by atoms with Gasteiger partial charge in [-0.05, 0) is 54.8 Å². The van der Waals surface area contributed by atoms with Crippen LogP contribution in [0.5, 0.6) is 0 Å². The van der Waals surface area contributed by atoms with Gasteiger partial charge in [0.05, 0.1) is 11.3 Å². The van der Waals surface area contributed by atoms with Gasteiger partial charge in [-0.15, -0.1) is 0 Å². The lowest BCUT2D eigenvalue weighted by molar-refractivity contribution is -0.138. The highest BCUT2D eigenvalue weighted by Gasteiger charge is 2.33. The number of fused-ring (bicyclic) bond motifs is 1. The lowest BCUT2D eigenvalue weighted by Gasteiger charge is -2.32. The lowest BCUT2D eigenvalue weighted by atomic mass is 9.95. The first-order valence-corrected chi connectivity index (χ1v) is 11.6. The molecule has 0 aliphatic carbocycles. The number of rotatable bonds is 5. The van der Waals surface area contributed by atoms with Gasteiger partial charge in [-0.25, -0.2) is 13.9 Å². The molecule has 0 atom stereocenters. The highest BCUT2D eigenvalue weighted by molar-refractivity contribution is 5.79. The Labute approximate surface area is 204 Å². The van der Waals surface area contributed by atoms with E-state index in [0.29, 0.717) is 31.6 Å². The quantitative estimate of drug-likeness (QED) is 0.391. The molecule has 4 aromatic rings. The number of anilines is 1. The van der Waals surface area contributed by atoms with E-state index in [9.17, 15) is 22.4 Å². The normalized spacial score (nSPS) is 14.8. The average molecular weight is 497 g/mol. The fraction of sp³-hybridized carbons (Fsp3) is 0.269. The van der Waals surface area contributed by atoms with Crippen molar-refractivity contribution in [3.63, 3.8) is 0 Å². The van der Waals surface area contributed by atoms with Gasteiger partial charge in [0.25, 0.3) is 0 Å². The summed E-state index contributed by atoms with van der Waals surface area (Å²) in [5.74, 6) is -0.128. The third-order valence-corrected chi connectivity index (χ3v) is 6.45. The van der Waals surface area contributed by atoms with Crippen LogP contribution in [0.25, 0.3) is 16.8 Å². The summed E-state index contributed by atoms with van der Waals surface area (Å²) in [6, 6.07) is 13.3. The van der Waals surface area contributed by atoms with Gasteiger partial charge in [-0.2, -0.15) is 18.3 Å². The summed E-state index contributed by atoms with van der Waals surface area (Å²) in [5.41, 5.74) is 1.58. The molecule has 10 heteroatoms. The number of aromatic nitrogens is 3. The van der Waals surface area contributed by atoms with Crippen LogP contribution < -0.4 is 10.2 Å². The van der Waals surface area contributed by atoms with Crippen molar-refractivity contribution in [1.82, 2.24) is 19.9 Å². The minimum absolute atomic E-state index is 0.0457. The van der Waals surface area contributed by atoms with Crippen molar-refractivity contribution in [2.45, 2.75) is 25.6 Å². The minimum atomic E-state index is -4.47. The first kappa shape index (κ1) is 23.8. The number of carbonyl (C=O) groups is 1. The van der Waals surface area contributed by atoms with Crippen LogP contribution in [-0.2, 0) is 17.5 Å². The number of amides is 1. The van der Waals surface area contributed by atoms with Gasteiger partial charge < -0.3 is 10.2 Å². The van der Waals surface area contributed by atoms with Crippen LogP contribution in [0.3, 0.4) is 0 Å². The maximum absolute atomic E-state index is 13.3. The zero-order chi connectivity index (χ0) is 25.3. The molecule has 2 aromatic heterocycles. The van der Waals surface area contributed by atoms with Crippen molar-refractivity contribution >= 4 is 17.2 Å². The molecule has 0 radical (unpaired) electrons. The van der Waals surface area contributed by atoms with E-state index in [1.54, 1.807) is 29.0 Å². The Morgan fingerprint density at radius 1 is 1.06 bits per heavy atom. The first-order valence-electron chi connectivity index (χ1n) is 11.6. The van der Waals surface area contributed by atoms with E-state index in [-0.39, 0.29) is 29.8 Å². The van der Waals surface area contributed by atoms with Crippen LogP contribution in [0, 0.1) is 11.7 Å². The largest absolute Gasteiger partial charge is 0.416 e. The SMILES string of the molecule is O=C(NCc1ccccc1C(F)(F)F)C1CCN(c2nccn3nc(-c4ccc(F)cc4)cc23)CC1. The van der Waals surface area contributed by atoms with Crippen LogP contribution in [0.2, 0.25) is 0 Å². The molecule has 1 saturated heterocycles. The van der Waals surface area contributed by atoms with Crippen molar-refractivity contribution < 1.29 is 22.4 Å². The number of piperidine rings is 1. The van der Waals surface area contributed by atoms with E-state index < -0.39 is 11.7 Å². The zero-order valence-electron chi connectivity index (χ0n) is 19.2. The van der Waals surface area contributed by atoms with E-state index in [1.807, 2.05) is 6.07 Å². The number of nitrogens with one attached hydrogen (secondary N) is 1. The van der Waals surface area contributed by atoms with Crippen molar-refractivity contribution in [1.29, 1.82) is 0 Å². The highest BCUT2D eigenvalue weighted by atomic mass is 19.4. The number of halogens is 4. The van der Waals surface area contributed by atoms with Crippen LogP contribution in [0.1, 0.15) is 24.0 Å². The van der Waals surface area contributed by atoms with Gasteiger partial charge >= 0.3 is 6.18 Å². The minimum Gasteiger partial charge on any atom is -0.355 e. The fourth-order valence-corrected chi connectivity index (χ4v) is 4.54. The predicted octanol–water partition coefficient (Wildman–Crippen LogP) is 5.09. The van der Waals surface area contributed by atoms with Crippen molar-refractivity contribution in [2.75, 3.05) is 18.0 Å². The molecule has 0 unspecified atom stereocenters. The molecule has 0 spiro atoms. The molecule has 1 aliphatic rings. The molecule has 0 bridgehead atoms. The Bertz CT molecular complexity index is 1380. The van der Waals surface area contributed by atoms with E-state index >= 15 is 0 Å². The monoisotopic (exact) mass is 497 g/mol. The molecule has 36 heavy (non-hydrogen) atoms. The van der Waals surface area contributed by atoms with E-state index in [4.69, 9.17) is 0 Å². The molecule has 5 rings (SSSR count).